The van der Waals surface area contributed by atoms with Gasteiger partial charge in [-0.15, -0.1) is 0 Å². The summed E-state index contributed by atoms with van der Waals surface area (Å²) in [7, 11) is 0. The summed E-state index contributed by atoms with van der Waals surface area (Å²) < 4.78 is 0. The Hall–Kier alpha value is -2.94. The second kappa shape index (κ2) is 5.60. The summed E-state index contributed by atoms with van der Waals surface area (Å²) in [5, 5.41) is 11.2. The summed E-state index contributed by atoms with van der Waals surface area (Å²) in [5.41, 5.74) is 7.11. The number of anilines is 2. The number of carbonyl (C=O) groups is 1. The summed E-state index contributed by atoms with van der Waals surface area (Å²) >= 11 is 0. The lowest BCUT2D eigenvalue weighted by Gasteiger charge is -2.05. The molecule has 19 heavy (non-hydrogen) atoms. The number of nitrogens with zero attached hydrogens (tertiary/aromatic N) is 3. The molecule has 0 fully saturated rings. The van der Waals surface area contributed by atoms with E-state index in [4.69, 9.17) is 11.0 Å². The number of rotatable bonds is 3. The molecule has 2 aromatic rings. The fraction of sp³-hybridized carbons (Fsp3) is 0.0769. The van der Waals surface area contributed by atoms with E-state index in [1.807, 2.05) is 0 Å². The van der Waals surface area contributed by atoms with Crippen molar-refractivity contribution in [1.29, 1.82) is 5.26 Å². The van der Waals surface area contributed by atoms with Crippen molar-refractivity contribution in [3.63, 3.8) is 0 Å². The van der Waals surface area contributed by atoms with Gasteiger partial charge in [0.15, 0.2) is 0 Å². The van der Waals surface area contributed by atoms with Gasteiger partial charge in [-0.05, 0) is 17.7 Å². The van der Waals surface area contributed by atoms with Crippen LogP contribution >= 0.6 is 0 Å². The van der Waals surface area contributed by atoms with E-state index >= 15 is 0 Å². The van der Waals surface area contributed by atoms with E-state index in [1.165, 1.54) is 12.4 Å². The van der Waals surface area contributed by atoms with E-state index in [0.717, 1.165) is 5.56 Å². The van der Waals surface area contributed by atoms with Crippen LogP contribution in [0.4, 0.5) is 11.5 Å². The van der Waals surface area contributed by atoms with Gasteiger partial charge in [-0.25, -0.2) is 9.97 Å². The number of nitrogens with one attached hydrogen (secondary N) is 1. The van der Waals surface area contributed by atoms with Crippen molar-refractivity contribution < 1.29 is 4.79 Å². The molecule has 0 aliphatic carbocycles. The van der Waals surface area contributed by atoms with Gasteiger partial charge >= 0.3 is 0 Å². The molecule has 0 atom stereocenters. The predicted molar refractivity (Wildman–Crippen MR) is 70.2 cm³/mol. The van der Waals surface area contributed by atoms with Crippen molar-refractivity contribution in [2.45, 2.75) is 6.42 Å². The van der Waals surface area contributed by atoms with E-state index in [9.17, 15) is 4.79 Å². The first-order valence-electron chi connectivity index (χ1n) is 5.54. The molecule has 6 heteroatoms. The summed E-state index contributed by atoms with van der Waals surface area (Å²) in [6.07, 6.45) is 2.98. The summed E-state index contributed by atoms with van der Waals surface area (Å²) in [4.78, 5) is 19.5. The maximum atomic E-state index is 11.8. The monoisotopic (exact) mass is 253 g/mol. The minimum absolute atomic E-state index is 0.190. The number of aromatic nitrogens is 2. The van der Waals surface area contributed by atoms with Crippen LogP contribution in [0.1, 0.15) is 16.1 Å². The van der Waals surface area contributed by atoms with E-state index in [-0.39, 0.29) is 17.4 Å². The second-order valence-electron chi connectivity index (χ2n) is 3.81. The zero-order valence-corrected chi connectivity index (χ0v) is 10.00. The van der Waals surface area contributed by atoms with Crippen molar-refractivity contribution >= 4 is 17.4 Å². The largest absolute Gasteiger partial charge is 0.382 e. The third kappa shape index (κ3) is 3.26. The van der Waals surface area contributed by atoms with Crippen LogP contribution in [0.5, 0.6) is 0 Å². The normalized spacial score (nSPS) is 9.63. The number of nitriles is 1. The zero-order valence-electron chi connectivity index (χ0n) is 10.00. The maximum Gasteiger partial charge on any atom is 0.275 e. The molecule has 1 heterocycles. The Labute approximate surface area is 109 Å². The van der Waals surface area contributed by atoms with Gasteiger partial charge in [0.25, 0.3) is 5.91 Å². The predicted octanol–water partition coefficient (Wildman–Crippen LogP) is 1.38. The summed E-state index contributed by atoms with van der Waals surface area (Å²) in [6.45, 7) is 0. The van der Waals surface area contributed by atoms with Gasteiger partial charge in [-0.2, -0.15) is 5.26 Å². The third-order valence-corrected chi connectivity index (χ3v) is 2.40. The molecule has 2 rings (SSSR count). The Bertz CT molecular complexity index is 613. The van der Waals surface area contributed by atoms with Crippen molar-refractivity contribution in [2.75, 3.05) is 11.1 Å². The van der Waals surface area contributed by atoms with Gasteiger partial charge < -0.3 is 11.1 Å². The molecule has 1 aromatic heterocycles. The molecule has 0 unspecified atom stereocenters. The van der Waals surface area contributed by atoms with Crippen molar-refractivity contribution in [1.82, 2.24) is 9.97 Å². The van der Waals surface area contributed by atoms with E-state index < -0.39 is 0 Å². The lowest BCUT2D eigenvalue weighted by molar-refractivity contribution is 0.102. The first kappa shape index (κ1) is 12.5. The molecule has 1 amide bonds. The Balaban J connectivity index is 2.06. The molecule has 0 spiro atoms. The number of nitrogen functional groups attached to an aromatic ring is 1. The third-order valence-electron chi connectivity index (χ3n) is 2.40. The molecule has 0 saturated carbocycles. The molecular formula is C13H11N5O. The number of hydrogen-bond donors (Lipinski definition) is 2. The molecule has 0 aliphatic rings. The van der Waals surface area contributed by atoms with E-state index in [1.54, 1.807) is 24.3 Å². The highest BCUT2D eigenvalue weighted by Gasteiger charge is 2.07. The highest BCUT2D eigenvalue weighted by atomic mass is 16.1. The Morgan fingerprint density at radius 1 is 1.26 bits per heavy atom. The molecule has 6 nitrogen and oxygen atoms in total. The van der Waals surface area contributed by atoms with Crippen LogP contribution in [-0.2, 0) is 6.42 Å². The number of nitrogens with two attached hydrogens (primary N) is 1. The number of amides is 1. The van der Waals surface area contributed by atoms with Crippen LogP contribution in [0.25, 0.3) is 0 Å². The Morgan fingerprint density at radius 2 is 2.00 bits per heavy atom. The quantitative estimate of drug-likeness (QED) is 0.859. The fourth-order valence-corrected chi connectivity index (χ4v) is 1.45. The average molecular weight is 253 g/mol. The smallest absolute Gasteiger partial charge is 0.275 e. The molecule has 0 saturated heterocycles. The highest BCUT2D eigenvalue weighted by Crippen LogP contribution is 2.11. The van der Waals surface area contributed by atoms with Crippen molar-refractivity contribution in [2.24, 2.45) is 0 Å². The lowest BCUT2D eigenvalue weighted by atomic mass is 10.1. The van der Waals surface area contributed by atoms with Crippen LogP contribution in [0.15, 0.2) is 36.7 Å². The van der Waals surface area contributed by atoms with E-state index in [2.05, 4.69) is 21.4 Å². The number of hydrogen-bond acceptors (Lipinski definition) is 5. The standard InChI is InChI=1S/C13H11N5O/c14-6-5-9-1-3-10(4-2-9)18-13(19)11-7-17-12(15)8-16-11/h1-4,7-8H,5H2,(H2,15,17)(H,18,19). The first-order valence-corrected chi connectivity index (χ1v) is 5.54. The van der Waals surface area contributed by atoms with Crippen LogP contribution in [0.2, 0.25) is 0 Å². The molecule has 0 aliphatic heterocycles. The molecule has 0 radical (unpaired) electrons. The first-order chi connectivity index (χ1) is 9.19. The Morgan fingerprint density at radius 3 is 2.58 bits per heavy atom. The summed E-state index contributed by atoms with van der Waals surface area (Å²) in [5.74, 6) is -0.0991. The van der Waals surface area contributed by atoms with Crippen LogP contribution in [0, 0.1) is 11.3 Å². The molecule has 0 bridgehead atoms. The zero-order chi connectivity index (χ0) is 13.7. The fourth-order valence-electron chi connectivity index (χ4n) is 1.45. The van der Waals surface area contributed by atoms with Gasteiger partial charge in [-0.3, -0.25) is 4.79 Å². The Kier molecular flexibility index (Phi) is 3.69. The van der Waals surface area contributed by atoms with Crippen molar-refractivity contribution in [3.8, 4) is 6.07 Å². The molecule has 94 valence electrons. The van der Waals surface area contributed by atoms with Gasteiger partial charge in [0.1, 0.15) is 11.5 Å². The average Bonchev–Trinajstić information content (AvgIpc) is 2.42. The van der Waals surface area contributed by atoms with Crippen LogP contribution < -0.4 is 11.1 Å². The van der Waals surface area contributed by atoms with Crippen molar-refractivity contribution in [3.05, 3.63) is 47.9 Å². The van der Waals surface area contributed by atoms with Gasteiger partial charge in [0, 0.05) is 5.69 Å². The molecular weight excluding hydrogens is 242 g/mol. The van der Waals surface area contributed by atoms with Crippen LogP contribution in [-0.4, -0.2) is 15.9 Å². The minimum atomic E-state index is -0.361. The van der Waals surface area contributed by atoms with Gasteiger partial charge in [0.2, 0.25) is 0 Å². The second-order valence-corrected chi connectivity index (χ2v) is 3.81. The van der Waals surface area contributed by atoms with Crippen LogP contribution in [0.3, 0.4) is 0 Å². The maximum absolute atomic E-state index is 11.8. The molecule has 1 aromatic carbocycles. The minimum Gasteiger partial charge on any atom is -0.382 e. The SMILES string of the molecule is N#CCc1ccc(NC(=O)c2cnc(N)cn2)cc1. The van der Waals surface area contributed by atoms with E-state index in [0.29, 0.717) is 12.1 Å². The van der Waals surface area contributed by atoms with Gasteiger partial charge in [-0.1, -0.05) is 12.1 Å². The topological polar surface area (TPSA) is 105 Å². The van der Waals surface area contributed by atoms with Gasteiger partial charge in [0.05, 0.1) is 24.9 Å². The number of benzene rings is 1. The number of carbonyl (C=O) groups excluding carboxylic acids is 1. The lowest BCUT2D eigenvalue weighted by Crippen LogP contribution is -2.14. The molecule has 3 N–H and O–H groups in total. The highest BCUT2D eigenvalue weighted by molar-refractivity contribution is 6.02. The summed E-state index contributed by atoms with van der Waals surface area (Å²) in [6, 6.07) is 9.09.